The third kappa shape index (κ3) is 4.32. The Balaban J connectivity index is 1.60. The minimum Gasteiger partial charge on any atom is -0.394 e. The summed E-state index contributed by atoms with van der Waals surface area (Å²) in [6.45, 7) is 1.87. The number of pyridine rings is 1. The summed E-state index contributed by atoms with van der Waals surface area (Å²) in [5.41, 5.74) is 1.05. The quantitative estimate of drug-likeness (QED) is 0.803. The van der Waals surface area contributed by atoms with Crippen LogP contribution in [0.4, 0.5) is 0 Å². The maximum absolute atomic E-state index is 12.8. The zero-order valence-electron chi connectivity index (χ0n) is 14.1. The number of carbonyl (C=O) groups is 1. The molecule has 24 heavy (non-hydrogen) atoms. The Morgan fingerprint density at radius 1 is 1.38 bits per heavy atom. The highest BCUT2D eigenvalue weighted by molar-refractivity contribution is 5.82. The van der Waals surface area contributed by atoms with E-state index < -0.39 is 0 Å². The van der Waals surface area contributed by atoms with E-state index in [-0.39, 0.29) is 24.6 Å². The molecular formula is C18H27N3O3. The largest absolute Gasteiger partial charge is 0.394 e. The van der Waals surface area contributed by atoms with E-state index in [1.54, 1.807) is 12.4 Å². The van der Waals surface area contributed by atoms with E-state index in [0.717, 1.165) is 12.1 Å². The molecular weight excluding hydrogens is 306 g/mol. The van der Waals surface area contributed by atoms with Crippen LogP contribution in [0.5, 0.6) is 0 Å². The molecule has 0 aromatic carbocycles. The molecule has 2 N–H and O–H groups in total. The Morgan fingerprint density at radius 2 is 2.12 bits per heavy atom. The van der Waals surface area contributed by atoms with Gasteiger partial charge in [-0.05, 0) is 37.0 Å². The van der Waals surface area contributed by atoms with Crippen LogP contribution in [0.1, 0.15) is 31.2 Å². The zero-order valence-corrected chi connectivity index (χ0v) is 14.1. The van der Waals surface area contributed by atoms with Gasteiger partial charge in [-0.2, -0.15) is 0 Å². The Hall–Kier alpha value is -1.50. The number of morpholine rings is 1. The molecule has 2 atom stereocenters. The molecule has 1 aromatic heterocycles. The SMILES string of the molecule is O=C(N[C@H](CO)Cc1ccncc1)[C@@H]1COCCN1C1CCCC1. The molecule has 6 nitrogen and oxygen atoms in total. The van der Waals surface area contributed by atoms with E-state index in [2.05, 4.69) is 15.2 Å². The molecule has 1 aromatic rings. The number of aliphatic hydroxyl groups is 1. The van der Waals surface area contributed by atoms with E-state index in [9.17, 15) is 9.90 Å². The van der Waals surface area contributed by atoms with Gasteiger partial charge in [0.2, 0.25) is 5.91 Å². The number of aliphatic hydroxyl groups excluding tert-OH is 1. The lowest BCUT2D eigenvalue weighted by Crippen LogP contribution is -2.58. The van der Waals surface area contributed by atoms with Gasteiger partial charge >= 0.3 is 0 Å². The van der Waals surface area contributed by atoms with E-state index in [0.29, 0.717) is 25.7 Å². The lowest BCUT2D eigenvalue weighted by atomic mass is 10.1. The van der Waals surface area contributed by atoms with Gasteiger partial charge < -0.3 is 15.2 Å². The van der Waals surface area contributed by atoms with Crippen molar-refractivity contribution in [2.45, 2.75) is 50.2 Å². The average Bonchev–Trinajstić information content (AvgIpc) is 3.16. The van der Waals surface area contributed by atoms with Crippen molar-refractivity contribution in [3.63, 3.8) is 0 Å². The lowest BCUT2D eigenvalue weighted by Gasteiger charge is -2.39. The fraction of sp³-hybridized carbons (Fsp3) is 0.667. The number of ether oxygens (including phenoxy) is 1. The Labute approximate surface area is 143 Å². The predicted octanol–water partition coefficient (Wildman–Crippen LogP) is 0.745. The van der Waals surface area contributed by atoms with Crippen molar-refractivity contribution in [2.75, 3.05) is 26.4 Å². The van der Waals surface area contributed by atoms with Gasteiger partial charge in [-0.25, -0.2) is 0 Å². The summed E-state index contributed by atoms with van der Waals surface area (Å²) in [6.07, 6.45) is 8.89. The van der Waals surface area contributed by atoms with E-state index in [1.165, 1.54) is 25.7 Å². The molecule has 0 spiro atoms. The lowest BCUT2D eigenvalue weighted by molar-refractivity contribution is -0.135. The van der Waals surface area contributed by atoms with Crippen molar-refractivity contribution in [3.8, 4) is 0 Å². The van der Waals surface area contributed by atoms with Gasteiger partial charge in [-0.15, -0.1) is 0 Å². The van der Waals surface area contributed by atoms with Crippen molar-refractivity contribution < 1.29 is 14.6 Å². The predicted molar refractivity (Wildman–Crippen MR) is 90.5 cm³/mol. The van der Waals surface area contributed by atoms with Crippen LogP contribution in [0, 0.1) is 0 Å². The minimum atomic E-state index is -0.285. The van der Waals surface area contributed by atoms with Crippen LogP contribution in [0.25, 0.3) is 0 Å². The van der Waals surface area contributed by atoms with E-state index in [1.807, 2.05) is 12.1 Å². The fourth-order valence-electron chi connectivity index (χ4n) is 3.78. The Morgan fingerprint density at radius 3 is 2.83 bits per heavy atom. The van der Waals surface area contributed by atoms with Gasteiger partial charge in [-0.1, -0.05) is 12.8 Å². The van der Waals surface area contributed by atoms with Crippen molar-refractivity contribution >= 4 is 5.91 Å². The Kier molecular flexibility index (Phi) is 6.18. The smallest absolute Gasteiger partial charge is 0.240 e. The molecule has 0 radical (unpaired) electrons. The summed E-state index contributed by atoms with van der Waals surface area (Å²) in [6, 6.07) is 3.78. The molecule has 0 unspecified atom stereocenters. The second-order valence-electron chi connectivity index (χ2n) is 6.71. The normalized spacial score (nSPS) is 24.0. The van der Waals surface area contributed by atoms with Crippen molar-refractivity contribution in [1.82, 2.24) is 15.2 Å². The molecule has 3 rings (SSSR count). The summed E-state index contributed by atoms with van der Waals surface area (Å²) in [5, 5.41) is 12.6. The summed E-state index contributed by atoms with van der Waals surface area (Å²) < 4.78 is 5.55. The fourth-order valence-corrected chi connectivity index (χ4v) is 3.78. The van der Waals surface area contributed by atoms with E-state index in [4.69, 9.17) is 4.74 Å². The van der Waals surface area contributed by atoms with Crippen LogP contribution < -0.4 is 5.32 Å². The molecule has 2 aliphatic rings. The minimum absolute atomic E-state index is 0.0327. The molecule has 2 heterocycles. The summed E-state index contributed by atoms with van der Waals surface area (Å²) >= 11 is 0. The summed E-state index contributed by atoms with van der Waals surface area (Å²) in [7, 11) is 0. The monoisotopic (exact) mass is 333 g/mol. The van der Waals surface area contributed by atoms with E-state index >= 15 is 0 Å². The van der Waals surface area contributed by atoms with Crippen LogP contribution in [0.15, 0.2) is 24.5 Å². The number of hydrogen-bond acceptors (Lipinski definition) is 5. The highest BCUT2D eigenvalue weighted by Crippen LogP contribution is 2.26. The second kappa shape index (κ2) is 8.55. The molecule has 1 saturated heterocycles. The maximum Gasteiger partial charge on any atom is 0.240 e. The maximum atomic E-state index is 12.8. The van der Waals surface area contributed by atoms with Crippen LogP contribution >= 0.6 is 0 Å². The number of aromatic nitrogens is 1. The second-order valence-corrected chi connectivity index (χ2v) is 6.71. The first-order chi connectivity index (χ1) is 11.8. The topological polar surface area (TPSA) is 74.7 Å². The molecule has 1 aliphatic carbocycles. The zero-order chi connectivity index (χ0) is 16.8. The van der Waals surface area contributed by atoms with Gasteiger partial charge in [0.25, 0.3) is 0 Å². The number of nitrogens with zero attached hydrogens (tertiary/aromatic N) is 2. The average molecular weight is 333 g/mol. The highest BCUT2D eigenvalue weighted by atomic mass is 16.5. The first-order valence-electron chi connectivity index (χ1n) is 8.91. The standard InChI is InChI=1S/C18H27N3O3/c22-12-15(11-14-5-7-19-8-6-14)20-18(23)17-13-24-10-9-21(17)16-3-1-2-4-16/h5-8,15-17,22H,1-4,9-13H2,(H,20,23)/t15-,17-/m0/s1. The molecule has 0 bridgehead atoms. The number of rotatable bonds is 6. The van der Waals surface area contributed by atoms with Gasteiger partial charge in [0.15, 0.2) is 0 Å². The molecule has 1 saturated carbocycles. The first-order valence-corrected chi connectivity index (χ1v) is 8.91. The molecule has 6 heteroatoms. The molecule has 2 fully saturated rings. The van der Waals surface area contributed by atoms with Crippen LogP contribution in [0.3, 0.4) is 0 Å². The van der Waals surface area contributed by atoms with Gasteiger partial charge in [0.1, 0.15) is 6.04 Å². The molecule has 132 valence electrons. The number of nitrogens with one attached hydrogen (secondary N) is 1. The number of hydrogen-bond donors (Lipinski definition) is 2. The van der Waals surface area contributed by atoms with Crippen molar-refractivity contribution in [1.29, 1.82) is 0 Å². The summed E-state index contributed by atoms with van der Waals surface area (Å²) in [4.78, 5) is 19.1. The van der Waals surface area contributed by atoms with Gasteiger partial charge in [0.05, 0.1) is 25.9 Å². The highest BCUT2D eigenvalue weighted by Gasteiger charge is 2.35. The summed E-state index contributed by atoms with van der Waals surface area (Å²) in [5.74, 6) is -0.0327. The van der Waals surface area contributed by atoms with Crippen LogP contribution in [-0.4, -0.2) is 65.4 Å². The third-order valence-corrected chi connectivity index (χ3v) is 5.06. The molecule has 1 amide bonds. The van der Waals surface area contributed by atoms with Gasteiger partial charge in [0, 0.05) is 25.0 Å². The Bertz CT molecular complexity index is 520. The molecule has 1 aliphatic heterocycles. The van der Waals surface area contributed by atoms with Crippen molar-refractivity contribution in [2.24, 2.45) is 0 Å². The van der Waals surface area contributed by atoms with Crippen LogP contribution in [-0.2, 0) is 16.0 Å². The van der Waals surface area contributed by atoms with Crippen molar-refractivity contribution in [3.05, 3.63) is 30.1 Å². The van der Waals surface area contributed by atoms with Crippen LogP contribution in [0.2, 0.25) is 0 Å². The third-order valence-electron chi connectivity index (χ3n) is 5.06. The number of amides is 1. The first kappa shape index (κ1) is 17.3. The van der Waals surface area contributed by atoms with Gasteiger partial charge in [-0.3, -0.25) is 14.7 Å². The number of carbonyl (C=O) groups excluding carboxylic acids is 1.